The van der Waals surface area contributed by atoms with Gasteiger partial charge >= 0.3 is 0 Å². The molecule has 0 bridgehead atoms. The number of likely N-dealkylation sites (N-methyl/N-ethyl adjacent to an activating group) is 1. The van der Waals surface area contributed by atoms with Gasteiger partial charge < -0.3 is 9.64 Å². The number of carbonyl (C=O) groups excluding carboxylic acids is 1. The largest absolute Gasteiger partial charge is 0.383 e. The van der Waals surface area contributed by atoms with E-state index in [-0.39, 0.29) is 16.6 Å². The van der Waals surface area contributed by atoms with E-state index in [9.17, 15) is 9.59 Å². The predicted molar refractivity (Wildman–Crippen MR) is 138 cm³/mol. The molecule has 9 nitrogen and oxygen atoms in total. The van der Waals surface area contributed by atoms with Gasteiger partial charge in [0, 0.05) is 43.8 Å². The lowest BCUT2D eigenvalue weighted by Gasteiger charge is -2.25. The molecule has 2 aromatic carbocycles. The smallest absolute Gasteiger partial charge is 0.254 e. The minimum atomic E-state index is -0.781. The average molecular weight is 527 g/mol. The molecule has 11 heteroatoms. The molecule has 1 unspecified atom stereocenters. The third kappa shape index (κ3) is 5.81. The lowest BCUT2D eigenvalue weighted by atomic mass is 10.0. The fourth-order valence-electron chi connectivity index (χ4n) is 3.80. The van der Waals surface area contributed by atoms with Crippen molar-refractivity contribution >= 4 is 29.1 Å². The van der Waals surface area contributed by atoms with Crippen molar-refractivity contribution in [2.75, 3.05) is 27.3 Å². The van der Waals surface area contributed by atoms with Gasteiger partial charge in [-0.25, -0.2) is 9.67 Å². The van der Waals surface area contributed by atoms with Crippen LogP contribution < -0.4 is 5.56 Å². The number of benzene rings is 2. The quantitative estimate of drug-likeness (QED) is 0.330. The number of aromatic nitrogens is 5. The molecule has 0 saturated heterocycles. The van der Waals surface area contributed by atoms with Crippen LogP contribution in [0.1, 0.15) is 11.6 Å². The summed E-state index contributed by atoms with van der Waals surface area (Å²) in [5.41, 5.74) is 2.08. The molecule has 0 aliphatic carbocycles. The lowest BCUT2D eigenvalue weighted by Crippen LogP contribution is -2.40. The van der Waals surface area contributed by atoms with Crippen molar-refractivity contribution in [1.82, 2.24) is 29.4 Å². The van der Waals surface area contributed by atoms with E-state index >= 15 is 0 Å². The molecular weight excluding hydrogens is 503 g/mol. The van der Waals surface area contributed by atoms with Gasteiger partial charge in [0.1, 0.15) is 6.04 Å². The minimum absolute atomic E-state index is 0.215. The predicted octanol–water partition coefficient (Wildman–Crippen LogP) is 3.69. The number of hydrogen-bond acceptors (Lipinski definition) is 6. The van der Waals surface area contributed by atoms with Gasteiger partial charge in [0.25, 0.3) is 5.56 Å². The van der Waals surface area contributed by atoms with Gasteiger partial charge in [-0.1, -0.05) is 58.7 Å². The zero-order valence-corrected chi connectivity index (χ0v) is 21.2. The molecule has 0 aliphatic heterocycles. The second-order valence-corrected chi connectivity index (χ2v) is 8.95. The van der Waals surface area contributed by atoms with E-state index in [0.717, 1.165) is 5.56 Å². The van der Waals surface area contributed by atoms with Crippen LogP contribution in [0.4, 0.5) is 0 Å². The first kappa shape index (κ1) is 25.6. The van der Waals surface area contributed by atoms with E-state index in [2.05, 4.69) is 15.3 Å². The molecule has 186 valence electrons. The van der Waals surface area contributed by atoms with Gasteiger partial charge in [0.15, 0.2) is 5.15 Å². The topological polar surface area (TPSA) is 95.1 Å². The standard InChI is InChI=1S/C25H24Cl2N6O3/c1-31(10-11-36-2)25(35)22(12-17-6-4-3-5-7-17)32-16-28-20(14-24(32)34)19-13-18(26)8-9-21(19)33-15-23(27)29-30-33/h3-9,13-16,22H,10-12H2,1-2H3. The molecule has 0 spiro atoms. The van der Waals surface area contributed by atoms with Crippen molar-refractivity contribution in [2.24, 2.45) is 0 Å². The molecule has 1 atom stereocenters. The van der Waals surface area contributed by atoms with Gasteiger partial charge in [-0.15, -0.1) is 5.10 Å². The molecule has 0 aliphatic rings. The fraction of sp³-hybridized carbons (Fsp3) is 0.240. The van der Waals surface area contributed by atoms with E-state index in [1.165, 1.54) is 21.6 Å². The summed E-state index contributed by atoms with van der Waals surface area (Å²) in [4.78, 5) is 32.8. The second-order valence-electron chi connectivity index (χ2n) is 8.13. The molecule has 0 radical (unpaired) electrons. The van der Waals surface area contributed by atoms with E-state index < -0.39 is 6.04 Å². The zero-order chi connectivity index (χ0) is 25.7. The van der Waals surface area contributed by atoms with Gasteiger partial charge in [0.2, 0.25) is 5.91 Å². The van der Waals surface area contributed by atoms with Crippen molar-refractivity contribution in [3.05, 3.63) is 93.2 Å². The van der Waals surface area contributed by atoms with Crippen LogP contribution in [0.25, 0.3) is 16.9 Å². The Hall–Kier alpha value is -3.53. The fourth-order valence-corrected chi connectivity index (χ4v) is 4.10. The Kier molecular flexibility index (Phi) is 8.14. The molecule has 36 heavy (non-hydrogen) atoms. The number of ether oxygens (including phenoxy) is 1. The summed E-state index contributed by atoms with van der Waals surface area (Å²) in [6.07, 6.45) is 3.27. The van der Waals surface area contributed by atoms with Crippen LogP contribution in [0, 0.1) is 0 Å². The summed E-state index contributed by atoms with van der Waals surface area (Å²) in [5, 5.41) is 8.50. The number of nitrogens with zero attached hydrogens (tertiary/aromatic N) is 6. The van der Waals surface area contributed by atoms with Crippen LogP contribution in [0.15, 0.2) is 71.9 Å². The summed E-state index contributed by atoms with van der Waals surface area (Å²) < 4.78 is 7.95. The Bertz CT molecular complexity index is 1410. The number of hydrogen-bond donors (Lipinski definition) is 0. The Balaban J connectivity index is 1.74. The highest BCUT2D eigenvalue weighted by Crippen LogP contribution is 2.28. The molecule has 2 aromatic heterocycles. The Morgan fingerprint density at radius 3 is 2.58 bits per heavy atom. The monoisotopic (exact) mass is 526 g/mol. The molecular formula is C25H24Cl2N6O3. The van der Waals surface area contributed by atoms with Crippen molar-refractivity contribution in [3.63, 3.8) is 0 Å². The maximum atomic E-state index is 13.4. The van der Waals surface area contributed by atoms with Crippen LogP contribution >= 0.6 is 23.2 Å². The molecule has 4 aromatic rings. The van der Waals surface area contributed by atoms with E-state index in [1.54, 1.807) is 43.5 Å². The van der Waals surface area contributed by atoms with Gasteiger partial charge in [-0.3, -0.25) is 14.2 Å². The number of carbonyl (C=O) groups is 1. The average Bonchev–Trinajstić information content (AvgIpc) is 3.32. The summed E-state index contributed by atoms with van der Waals surface area (Å²) in [6, 6.07) is 15.3. The van der Waals surface area contributed by atoms with Crippen molar-refractivity contribution < 1.29 is 9.53 Å². The Morgan fingerprint density at radius 1 is 1.14 bits per heavy atom. The molecule has 1 amide bonds. The summed E-state index contributed by atoms with van der Waals surface area (Å²) in [6.45, 7) is 0.781. The first-order chi connectivity index (χ1) is 17.4. The zero-order valence-electron chi connectivity index (χ0n) is 19.7. The van der Waals surface area contributed by atoms with Crippen LogP contribution in [0.2, 0.25) is 10.2 Å². The molecule has 2 heterocycles. The van der Waals surface area contributed by atoms with Crippen molar-refractivity contribution in [3.8, 4) is 16.9 Å². The normalized spacial score (nSPS) is 11.9. The minimum Gasteiger partial charge on any atom is -0.383 e. The van der Waals surface area contributed by atoms with Crippen LogP contribution in [0.3, 0.4) is 0 Å². The van der Waals surface area contributed by atoms with E-state index in [4.69, 9.17) is 27.9 Å². The Labute approximate surface area is 217 Å². The summed E-state index contributed by atoms with van der Waals surface area (Å²) in [5.74, 6) is -0.215. The first-order valence-corrected chi connectivity index (χ1v) is 11.9. The van der Waals surface area contributed by atoms with Crippen molar-refractivity contribution in [1.29, 1.82) is 0 Å². The van der Waals surface area contributed by atoms with Crippen molar-refractivity contribution in [2.45, 2.75) is 12.5 Å². The summed E-state index contributed by atoms with van der Waals surface area (Å²) >= 11 is 12.2. The lowest BCUT2D eigenvalue weighted by molar-refractivity contribution is -0.134. The van der Waals surface area contributed by atoms with Crippen LogP contribution in [-0.4, -0.2) is 62.7 Å². The SMILES string of the molecule is COCCN(C)C(=O)C(Cc1ccccc1)n1cnc(-c2cc(Cl)ccc2-n2cc(Cl)nn2)cc1=O. The third-order valence-electron chi connectivity index (χ3n) is 5.68. The summed E-state index contributed by atoms with van der Waals surface area (Å²) in [7, 11) is 3.26. The molecule has 0 saturated carbocycles. The van der Waals surface area contributed by atoms with E-state index in [1.807, 2.05) is 30.3 Å². The first-order valence-electron chi connectivity index (χ1n) is 11.1. The highest BCUT2D eigenvalue weighted by molar-refractivity contribution is 6.31. The second kappa shape index (κ2) is 11.5. The highest BCUT2D eigenvalue weighted by Gasteiger charge is 2.26. The third-order valence-corrected chi connectivity index (χ3v) is 6.09. The van der Waals surface area contributed by atoms with Gasteiger partial charge in [-0.2, -0.15) is 0 Å². The molecule has 0 fully saturated rings. The number of halogens is 2. The number of methoxy groups -OCH3 is 1. The number of amides is 1. The Morgan fingerprint density at radius 2 is 1.92 bits per heavy atom. The highest BCUT2D eigenvalue weighted by atomic mass is 35.5. The van der Waals surface area contributed by atoms with Gasteiger partial charge in [0.05, 0.1) is 30.5 Å². The molecule has 0 N–H and O–H groups in total. The van der Waals surface area contributed by atoms with Crippen LogP contribution in [0.5, 0.6) is 0 Å². The maximum Gasteiger partial charge on any atom is 0.254 e. The van der Waals surface area contributed by atoms with Crippen LogP contribution in [-0.2, 0) is 16.0 Å². The van der Waals surface area contributed by atoms with E-state index in [0.29, 0.717) is 41.5 Å². The maximum absolute atomic E-state index is 13.4. The number of rotatable bonds is 9. The van der Waals surface area contributed by atoms with Gasteiger partial charge in [-0.05, 0) is 23.8 Å². The molecule has 4 rings (SSSR count).